The Bertz CT molecular complexity index is 938. The van der Waals surface area contributed by atoms with Crippen LogP contribution in [0.4, 0.5) is 0 Å². The first-order valence-electron chi connectivity index (χ1n) is 9.79. The summed E-state index contributed by atoms with van der Waals surface area (Å²) in [6, 6.07) is 15.0. The summed E-state index contributed by atoms with van der Waals surface area (Å²) in [5, 5.41) is 4.36. The van der Waals surface area contributed by atoms with Gasteiger partial charge in [0.2, 0.25) is 5.91 Å². The van der Waals surface area contributed by atoms with Gasteiger partial charge in [-0.15, -0.1) is 0 Å². The summed E-state index contributed by atoms with van der Waals surface area (Å²) in [6.45, 7) is 10.6. The molecule has 0 aliphatic rings. The molecule has 2 atom stereocenters. The first-order valence-corrected chi connectivity index (χ1v) is 9.79. The molecule has 0 saturated heterocycles. The smallest absolute Gasteiger partial charge is 0.221 e. The molecule has 3 heteroatoms. The second-order valence-electron chi connectivity index (χ2n) is 8.01. The molecular weight excluding hydrogens is 332 g/mol. The molecule has 0 spiro atoms. The minimum atomic E-state index is 0.0288. The van der Waals surface area contributed by atoms with E-state index in [1.165, 1.54) is 27.6 Å². The summed E-state index contributed by atoms with van der Waals surface area (Å²) in [6.07, 6.45) is 2.51. The molecule has 1 aromatic heterocycles. The Morgan fingerprint density at radius 1 is 1.04 bits per heavy atom. The highest BCUT2D eigenvalue weighted by Gasteiger charge is 2.23. The van der Waals surface area contributed by atoms with Crippen LogP contribution in [0.5, 0.6) is 0 Å². The van der Waals surface area contributed by atoms with Crippen LogP contribution in [0.15, 0.2) is 48.7 Å². The van der Waals surface area contributed by atoms with Gasteiger partial charge in [-0.1, -0.05) is 55.8 Å². The van der Waals surface area contributed by atoms with E-state index < -0.39 is 0 Å². The van der Waals surface area contributed by atoms with Crippen molar-refractivity contribution in [3.8, 4) is 0 Å². The number of amides is 1. The monoisotopic (exact) mass is 362 g/mol. The van der Waals surface area contributed by atoms with E-state index in [4.69, 9.17) is 0 Å². The molecule has 3 rings (SSSR count). The van der Waals surface area contributed by atoms with E-state index in [0.717, 1.165) is 5.52 Å². The number of H-pyrrole nitrogens is 1. The number of aromatic nitrogens is 1. The van der Waals surface area contributed by atoms with Crippen LogP contribution in [-0.2, 0) is 4.79 Å². The highest BCUT2D eigenvalue weighted by molar-refractivity contribution is 5.86. The first kappa shape index (κ1) is 19.2. The summed E-state index contributed by atoms with van der Waals surface area (Å²) < 4.78 is 0. The maximum Gasteiger partial charge on any atom is 0.221 e. The van der Waals surface area contributed by atoms with Gasteiger partial charge in [0.05, 0.1) is 0 Å². The van der Waals surface area contributed by atoms with Crippen molar-refractivity contribution >= 4 is 16.8 Å². The van der Waals surface area contributed by atoms with E-state index >= 15 is 0 Å². The van der Waals surface area contributed by atoms with Gasteiger partial charge >= 0.3 is 0 Å². The van der Waals surface area contributed by atoms with Gasteiger partial charge in [0.25, 0.3) is 0 Å². The molecule has 0 bridgehead atoms. The molecule has 3 nitrogen and oxygen atoms in total. The minimum Gasteiger partial charge on any atom is -0.361 e. The number of aromatic amines is 1. The second-order valence-corrected chi connectivity index (χ2v) is 8.01. The lowest BCUT2D eigenvalue weighted by atomic mass is 9.85. The highest BCUT2D eigenvalue weighted by atomic mass is 16.1. The number of rotatable bonds is 6. The lowest BCUT2D eigenvalue weighted by molar-refractivity contribution is -0.122. The van der Waals surface area contributed by atoms with Crippen molar-refractivity contribution in [2.24, 2.45) is 5.92 Å². The van der Waals surface area contributed by atoms with Gasteiger partial charge in [-0.2, -0.15) is 0 Å². The van der Waals surface area contributed by atoms with E-state index in [-0.39, 0.29) is 17.9 Å². The molecule has 1 amide bonds. The average Bonchev–Trinajstić information content (AvgIpc) is 3.04. The van der Waals surface area contributed by atoms with Crippen molar-refractivity contribution in [1.29, 1.82) is 0 Å². The number of fused-ring (bicyclic) bond motifs is 1. The van der Waals surface area contributed by atoms with Crippen molar-refractivity contribution in [2.45, 2.75) is 53.0 Å². The molecule has 0 saturated carbocycles. The number of benzene rings is 2. The van der Waals surface area contributed by atoms with Crippen LogP contribution < -0.4 is 5.32 Å². The van der Waals surface area contributed by atoms with E-state index in [9.17, 15) is 4.79 Å². The fraction of sp³-hybridized carbons (Fsp3) is 0.375. The summed E-state index contributed by atoms with van der Waals surface area (Å²) in [5.74, 6) is 0.550. The maximum atomic E-state index is 12.8. The zero-order valence-corrected chi connectivity index (χ0v) is 17.0. The summed E-state index contributed by atoms with van der Waals surface area (Å²) in [5.41, 5.74) is 5.99. The van der Waals surface area contributed by atoms with Crippen LogP contribution in [0.2, 0.25) is 0 Å². The minimum absolute atomic E-state index is 0.0288. The fourth-order valence-electron chi connectivity index (χ4n) is 3.65. The Kier molecular flexibility index (Phi) is 5.69. The maximum absolute atomic E-state index is 12.8. The van der Waals surface area contributed by atoms with Gasteiger partial charge in [-0.25, -0.2) is 0 Å². The standard InChI is InChI=1S/C24H30N2O/c1-15(2)18(5)26-24(27)13-21(19-11-10-16(3)12-17(19)4)22-14-25-23-9-7-6-8-20(22)23/h6-12,14-15,18,21,25H,13H2,1-5H3,(H,26,27)/t18-,21-/m0/s1. The van der Waals surface area contributed by atoms with Crippen LogP contribution in [-0.4, -0.2) is 16.9 Å². The van der Waals surface area contributed by atoms with E-state index in [1.807, 2.05) is 6.07 Å². The molecule has 0 aliphatic carbocycles. The third kappa shape index (κ3) is 4.24. The van der Waals surface area contributed by atoms with Crippen molar-refractivity contribution in [1.82, 2.24) is 10.3 Å². The third-order valence-corrected chi connectivity index (χ3v) is 5.58. The molecule has 2 aromatic carbocycles. The number of nitrogens with one attached hydrogen (secondary N) is 2. The molecule has 2 N–H and O–H groups in total. The van der Waals surface area contributed by atoms with Gasteiger partial charge in [0.1, 0.15) is 0 Å². The number of aryl methyl sites for hydroxylation is 2. The molecule has 27 heavy (non-hydrogen) atoms. The Labute approximate surface area is 162 Å². The van der Waals surface area contributed by atoms with Crippen molar-refractivity contribution in [2.75, 3.05) is 0 Å². The summed E-state index contributed by atoms with van der Waals surface area (Å²) >= 11 is 0. The number of hydrogen-bond acceptors (Lipinski definition) is 1. The van der Waals surface area contributed by atoms with E-state index in [2.05, 4.69) is 87.5 Å². The number of carbonyl (C=O) groups excluding carboxylic acids is 1. The van der Waals surface area contributed by atoms with Crippen LogP contribution in [0, 0.1) is 19.8 Å². The molecule has 0 unspecified atom stereocenters. The highest BCUT2D eigenvalue weighted by Crippen LogP contribution is 2.35. The zero-order chi connectivity index (χ0) is 19.6. The summed E-state index contributed by atoms with van der Waals surface area (Å²) in [4.78, 5) is 16.2. The largest absolute Gasteiger partial charge is 0.361 e. The van der Waals surface area contributed by atoms with Crippen molar-refractivity contribution in [3.63, 3.8) is 0 Å². The summed E-state index contributed by atoms with van der Waals surface area (Å²) in [7, 11) is 0. The van der Waals surface area contributed by atoms with Crippen LogP contribution in [0.1, 0.15) is 55.4 Å². The van der Waals surface area contributed by atoms with Crippen LogP contribution in [0.25, 0.3) is 10.9 Å². The lowest BCUT2D eigenvalue weighted by Crippen LogP contribution is -2.36. The average molecular weight is 363 g/mol. The fourth-order valence-corrected chi connectivity index (χ4v) is 3.65. The Morgan fingerprint density at radius 3 is 2.48 bits per heavy atom. The quantitative estimate of drug-likeness (QED) is 0.600. The number of hydrogen-bond donors (Lipinski definition) is 2. The SMILES string of the molecule is Cc1ccc([C@H](CC(=O)N[C@@H](C)C(C)C)c2c[nH]c3ccccc23)c(C)c1. The molecule has 1 heterocycles. The molecular formula is C24H30N2O. The molecule has 142 valence electrons. The predicted molar refractivity (Wildman–Crippen MR) is 113 cm³/mol. The zero-order valence-electron chi connectivity index (χ0n) is 17.0. The third-order valence-electron chi connectivity index (χ3n) is 5.58. The van der Waals surface area contributed by atoms with Gasteiger partial charge in [0.15, 0.2) is 0 Å². The van der Waals surface area contributed by atoms with Crippen LogP contribution in [0.3, 0.4) is 0 Å². The van der Waals surface area contributed by atoms with Crippen molar-refractivity contribution < 1.29 is 4.79 Å². The Hall–Kier alpha value is -2.55. The number of para-hydroxylation sites is 1. The molecule has 0 fully saturated rings. The second kappa shape index (κ2) is 7.99. The Balaban J connectivity index is 2.00. The van der Waals surface area contributed by atoms with Crippen LogP contribution >= 0.6 is 0 Å². The Morgan fingerprint density at radius 2 is 1.78 bits per heavy atom. The molecule has 0 aliphatic heterocycles. The molecule has 0 radical (unpaired) electrons. The van der Waals surface area contributed by atoms with E-state index in [1.54, 1.807) is 0 Å². The van der Waals surface area contributed by atoms with Gasteiger partial charge < -0.3 is 10.3 Å². The van der Waals surface area contributed by atoms with Gasteiger partial charge in [-0.05, 0) is 49.4 Å². The van der Waals surface area contributed by atoms with Gasteiger partial charge in [0, 0.05) is 35.5 Å². The topological polar surface area (TPSA) is 44.9 Å². The van der Waals surface area contributed by atoms with Gasteiger partial charge in [-0.3, -0.25) is 4.79 Å². The lowest BCUT2D eigenvalue weighted by Gasteiger charge is -2.22. The normalized spacial score (nSPS) is 13.7. The first-order chi connectivity index (χ1) is 12.9. The molecule has 3 aromatic rings. The predicted octanol–water partition coefficient (Wildman–Crippen LogP) is 5.47. The van der Waals surface area contributed by atoms with Crippen molar-refractivity contribution in [3.05, 3.63) is 70.9 Å². The van der Waals surface area contributed by atoms with E-state index in [0.29, 0.717) is 12.3 Å². The number of carbonyl (C=O) groups is 1.